The van der Waals surface area contributed by atoms with Crippen molar-refractivity contribution in [2.45, 2.75) is 33.1 Å². The number of hydrogen-bond acceptors (Lipinski definition) is 1. The van der Waals surface area contributed by atoms with E-state index in [0.29, 0.717) is 12.5 Å². The summed E-state index contributed by atoms with van der Waals surface area (Å²) in [7, 11) is 0. The van der Waals surface area contributed by atoms with Crippen LogP contribution >= 0.6 is 0 Å². The number of hydrogen-bond donors (Lipinski definition) is 1. The van der Waals surface area contributed by atoms with E-state index in [1.807, 2.05) is 0 Å². The Balaban J connectivity index is 2.56. The van der Waals surface area contributed by atoms with Crippen LogP contribution in [0.4, 0.5) is 0 Å². The molecule has 92 valence electrons. The van der Waals surface area contributed by atoms with E-state index in [-0.39, 0.29) is 5.91 Å². The van der Waals surface area contributed by atoms with Gasteiger partial charge in [0.2, 0.25) is 5.91 Å². The van der Waals surface area contributed by atoms with Crippen LogP contribution in [-0.2, 0) is 4.79 Å². The SMILES string of the molecule is CC(=O)NCCC=Cc1ccccc1C(C)C. The quantitative estimate of drug-likeness (QED) is 0.774. The molecule has 0 aromatic heterocycles. The second-order valence-electron chi connectivity index (χ2n) is 4.46. The van der Waals surface area contributed by atoms with Gasteiger partial charge in [-0.1, -0.05) is 50.3 Å². The minimum atomic E-state index is 0.0287. The molecule has 0 aliphatic carbocycles. The molecule has 0 heterocycles. The summed E-state index contributed by atoms with van der Waals surface area (Å²) >= 11 is 0. The van der Waals surface area contributed by atoms with Gasteiger partial charge in [0.05, 0.1) is 0 Å². The van der Waals surface area contributed by atoms with E-state index < -0.39 is 0 Å². The first-order valence-corrected chi connectivity index (χ1v) is 6.11. The van der Waals surface area contributed by atoms with Gasteiger partial charge in [-0.05, 0) is 23.5 Å². The summed E-state index contributed by atoms with van der Waals surface area (Å²) in [4.78, 5) is 10.7. The largest absolute Gasteiger partial charge is 0.356 e. The van der Waals surface area contributed by atoms with Gasteiger partial charge in [0, 0.05) is 13.5 Å². The van der Waals surface area contributed by atoms with Gasteiger partial charge in [0.15, 0.2) is 0 Å². The average Bonchev–Trinajstić information content (AvgIpc) is 2.28. The number of nitrogens with one attached hydrogen (secondary N) is 1. The van der Waals surface area contributed by atoms with Crippen LogP contribution in [0, 0.1) is 0 Å². The van der Waals surface area contributed by atoms with Gasteiger partial charge >= 0.3 is 0 Å². The lowest BCUT2D eigenvalue weighted by atomic mass is 9.97. The highest BCUT2D eigenvalue weighted by Crippen LogP contribution is 2.20. The van der Waals surface area contributed by atoms with Crippen LogP contribution in [0.1, 0.15) is 44.2 Å². The zero-order valence-electron chi connectivity index (χ0n) is 10.9. The minimum absolute atomic E-state index is 0.0287. The Labute approximate surface area is 104 Å². The molecule has 0 atom stereocenters. The van der Waals surface area contributed by atoms with E-state index in [9.17, 15) is 4.79 Å². The summed E-state index contributed by atoms with van der Waals surface area (Å²) in [5, 5.41) is 2.78. The van der Waals surface area contributed by atoms with Crippen LogP contribution < -0.4 is 5.32 Å². The van der Waals surface area contributed by atoms with Crippen LogP contribution in [0.5, 0.6) is 0 Å². The van der Waals surface area contributed by atoms with Crippen molar-refractivity contribution in [1.82, 2.24) is 5.32 Å². The van der Waals surface area contributed by atoms with Gasteiger partial charge in [-0.3, -0.25) is 4.79 Å². The second kappa shape index (κ2) is 6.89. The second-order valence-corrected chi connectivity index (χ2v) is 4.46. The van der Waals surface area contributed by atoms with E-state index in [0.717, 1.165) is 6.42 Å². The molecule has 2 heteroatoms. The van der Waals surface area contributed by atoms with Crippen molar-refractivity contribution < 1.29 is 4.79 Å². The van der Waals surface area contributed by atoms with Gasteiger partial charge in [0.25, 0.3) is 0 Å². The van der Waals surface area contributed by atoms with Crippen LogP contribution in [0.25, 0.3) is 6.08 Å². The molecule has 1 aromatic rings. The molecule has 2 nitrogen and oxygen atoms in total. The molecule has 1 amide bonds. The lowest BCUT2D eigenvalue weighted by molar-refractivity contribution is -0.118. The number of rotatable bonds is 5. The van der Waals surface area contributed by atoms with Crippen molar-refractivity contribution in [1.29, 1.82) is 0 Å². The van der Waals surface area contributed by atoms with Crippen molar-refractivity contribution in [3.05, 3.63) is 41.5 Å². The Morgan fingerprint density at radius 1 is 1.35 bits per heavy atom. The van der Waals surface area contributed by atoms with Gasteiger partial charge < -0.3 is 5.32 Å². The first-order valence-electron chi connectivity index (χ1n) is 6.11. The first-order chi connectivity index (χ1) is 8.11. The predicted octanol–water partition coefficient (Wildman–Crippen LogP) is 3.35. The number of carbonyl (C=O) groups is 1. The van der Waals surface area contributed by atoms with Crippen LogP contribution in [0.2, 0.25) is 0 Å². The average molecular weight is 231 g/mol. The molecule has 0 spiro atoms. The smallest absolute Gasteiger partial charge is 0.216 e. The molecule has 0 saturated carbocycles. The maximum absolute atomic E-state index is 10.7. The Bertz CT molecular complexity index is 394. The molecular weight excluding hydrogens is 210 g/mol. The third kappa shape index (κ3) is 4.85. The maximum Gasteiger partial charge on any atom is 0.216 e. The van der Waals surface area contributed by atoms with Crippen molar-refractivity contribution >= 4 is 12.0 Å². The molecule has 0 unspecified atom stereocenters. The van der Waals surface area contributed by atoms with Gasteiger partial charge in [-0.15, -0.1) is 0 Å². The van der Waals surface area contributed by atoms with Crippen molar-refractivity contribution in [3.63, 3.8) is 0 Å². The molecule has 0 saturated heterocycles. The lowest BCUT2D eigenvalue weighted by Crippen LogP contribution is -2.20. The molecule has 0 bridgehead atoms. The van der Waals surface area contributed by atoms with E-state index in [2.05, 4.69) is 55.6 Å². The number of carbonyl (C=O) groups excluding carboxylic acids is 1. The normalized spacial score (nSPS) is 11.1. The fourth-order valence-electron chi connectivity index (χ4n) is 1.73. The summed E-state index contributed by atoms with van der Waals surface area (Å²) in [5.41, 5.74) is 2.63. The van der Waals surface area contributed by atoms with Crippen LogP contribution in [0.3, 0.4) is 0 Å². The molecule has 0 aliphatic heterocycles. The minimum Gasteiger partial charge on any atom is -0.356 e. The fourth-order valence-corrected chi connectivity index (χ4v) is 1.73. The highest BCUT2D eigenvalue weighted by atomic mass is 16.1. The van der Waals surface area contributed by atoms with Gasteiger partial charge in [0.1, 0.15) is 0 Å². The fraction of sp³-hybridized carbons (Fsp3) is 0.400. The molecule has 1 N–H and O–H groups in total. The molecule has 0 aliphatic rings. The first kappa shape index (κ1) is 13.5. The third-order valence-corrected chi connectivity index (χ3v) is 2.60. The Kier molecular flexibility index (Phi) is 5.47. The van der Waals surface area contributed by atoms with E-state index >= 15 is 0 Å². The topological polar surface area (TPSA) is 29.1 Å². The number of benzene rings is 1. The Hall–Kier alpha value is -1.57. The van der Waals surface area contributed by atoms with Gasteiger partial charge in [-0.2, -0.15) is 0 Å². The van der Waals surface area contributed by atoms with E-state index in [1.165, 1.54) is 18.1 Å². The van der Waals surface area contributed by atoms with Crippen LogP contribution in [-0.4, -0.2) is 12.5 Å². The summed E-state index contributed by atoms with van der Waals surface area (Å²) in [5.74, 6) is 0.562. The van der Waals surface area contributed by atoms with Crippen molar-refractivity contribution in [2.75, 3.05) is 6.54 Å². The summed E-state index contributed by atoms with van der Waals surface area (Å²) in [6, 6.07) is 8.42. The molecular formula is C15H21NO. The third-order valence-electron chi connectivity index (χ3n) is 2.60. The zero-order valence-corrected chi connectivity index (χ0v) is 10.9. The molecule has 1 rings (SSSR count). The van der Waals surface area contributed by atoms with E-state index in [1.54, 1.807) is 0 Å². The van der Waals surface area contributed by atoms with Crippen molar-refractivity contribution in [3.8, 4) is 0 Å². The number of amides is 1. The molecule has 0 fully saturated rings. The summed E-state index contributed by atoms with van der Waals surface area (Å²) in [6.45, 7) is 6.64. The lowest BCUT2D eigenvalue weighted by Gasteiger charge is -2.09. The highest BCUT2D eigenvalue weighted by Gasteiger charge is 2.02. The maximum atomic E-state index is 10.7. The van der Waals surface area contributed by atoms with Gasteiger partial charge in [-0.25, -0.2) is 0 Å². The Morgan fingerprint density at radius 2 is 2.06 bits per heavy atom. The van der Waals surface area contributed by atoms with Crippen LogP contribution in [0.15, 0.2) is 30.3 Å². The monoisotopic (exact) mass is 231 g/mol. The zero-order chi connectivity index (χ0) is 12.7. The Morgan fingerprint density at radius 3 is 2.71 bits per heavy atom. The van der Waals surface area contributed by atoms with Crippen molar-refractivity contribution in [2.24, 2.45) is 0 Å². The molecule has 17 heavy (non-hydrogen) atoms. The molecule has 1 aromatic carbocycles. The summed E-state index contributed by atoms with van der Waals surface area (Å²) in [6.07, 6.45) is 5.11. The van der Waals surface area contributed by atoms with E-state index in [4.69, 9.17) is 0 Å². The molecule has 0 radical (unpaired) electrons. The highest BCUT2D eigenvalue weighted by molar-refractivity contribution is 5.72. The predicted molar refractivity (Wildman–Crippen MR) is 72.9 cm³/mol. The standard InChI is InChI=1S/C15H21NO/c1-12(2)15-10-5-4-8-14(15)9-6-7-11-16-13(3)17/h4-6,8-10,12H,7,11H2,1-3H3,(H,16,17). The summed E-state index contributed by atoms with van der Waals surface area (Å²) < 4.78 is 0.